The molecule has 3 heteroatoms. The molecule has 26 heavy (non-hydrogen) atoms. The van der Waals surface area contributed by atoms with Gasteiger partial charge >= 0.3 is 0 Å². The average molecular weight is 356 g/mol. The van der Waals surface area contributed by atoms with Crippen LogP contribution in [0.2, 0.25) is 0 Å². The maximum Gasteiger partial charge on any atom is 0.118 e. The highest BCUT2D eigenvalue weighted by atomic mass is 16.6. The Morgan fingerprint density at radius 2 is 2.12 bits per heavy atom. The summed E-state index contributed by atoms with van der Waals surface area (Å²) in [5.74, 6) is 3.31. The second-order valence-electron chi connectivity index (χ2n) is 9.04. The van der Waals surface area contributed by atoms with Gasteiger partial charge in [-0.25, -0.2) is 0 Å². The molecule has 0 aliphatic heterocycles. The van der Waals surface area contributed by atoms with E-state index >= 15 is 0 Å². The summed E-state index contributed by atoms with van der Waals surface area (Å²) in [5, 5.41) is 14.6. The lowest BCUT2D eigenvalue weighted by molar-refractivity contribution is 0.0553. The topological polar surface area (TPSA) is 41.8 Å². The van der Waals surface area contributed by atoms with E-state index in [1.54, 1.807) is 7.11 Å². The van der Waals surface area contributed by atoms with Crippen LogP contribution in [0.4, 0.5) is 0 Å². The molecule has 3 nitrogen and oxygen atoms in total. The molecule has 0 spiro atoms. The zero-order valence-electron chi connectivity index (χ0n) is 16.7. The second kappa shape index (κ2) is 6.58. The van der Waals surface area contributed by atoms with Crippen LogP contribution in [0.3, 0.4) is 0 Å². The van der Waals surface area contributed by atoms with Crippen molar-refractivity contribution >= 4 is 5.71 Å². The van der Waals surface area contributed by atoms with E-state index in [1.807, 2.05) is 6.07 Å². The Labute approximate surface area is 157 Å². The molecule has 0 radical (unpaired) electrons. The summed E-state index contributed by atoms with van der Waals surface area (Å²) in [4.78, 5) is 5.25. The van der Waals surface area contributed by atoms with E-state index in [0.717, 1.165) is 36.2 Å². The van der Waals surface area contributed by atoms with Crippen LogP contribution in [-0.2, 0) is 11.3 Å². The molecule has 0 bridgehead atoms. The molecule has 5 atom stereocenters. The highest BCUT2D eigenvalue weighted by Gasteiger charge is 2.57. The van der Waals surface area contributed by atoms with Crippen LogP contribution in [0, 0.1) is 30.1 Å². The van der Waals surface area contributed by atoms with Crippen molar-refractivity contribution in [2.24, 2.45) is 28.3 Å². The number of oxime groups is 1. The van der Waals surface area contributed by atoms with Crippen LogP contribution in [0.5, 0.6) is 5.75 Å². The standard InChI is InChI=1S/C23H33NO2/c1-5-6-15-13-21(24-26-4)23(3)12-11-18-17-9-10-20(25)14(2)16(17)7-8-19(18)22(15)23/h9-10,15,18-19,22,25H,5-8,11-13H2,1-4H3/b24-21+. The molecular formula is C23H33NO2. The van der Waals surface area contributed by atoms with Crippen molar-refractivity contribution < 1.29 is 9.94 Å². The van der Waals surface area contributed by atoms with Gasteiger partial charge in [-0.05, 0) is 85.5 Å². The van der Waals surface area contributed by atoms with Crippen LogP contribution < -0.4 is 0 Å². The van der Waals surface area contributed by atoms with Gasteiger partial charge in [0.1, 0.15) is 12.9 Å². The van der Waals surface area contributed by atoms with Gasteiger partial charge in [0.25, 0.3) is 0 Å². The zero-order valence-corrected chi connectivity index (χ0v) is 16.7. The van der Waals surface area contributed by atoms with E-state index < -0.39 is 0 Å². The average Bonchev–Trinajstić information content (AvgIpc) is 2.90. The second-order valence-corrected chi connectivity index (χ2v) is 9.04. The van der Waals surface area contributed by atoms with Crippen LogP contribution in [0.1, 0.15) is 75.0 Å². The van der Waals surface area contributed by atoms with Crippen molar-refractivity contribution in [3.63, 3.8) is 0 Å². The molecule has 0 heterocycles. The summed E-state index contributed by atoms with van der Waals surface area (Å²) in [6, 6.07) is 4.13. The predicted octanol–water partition coefficient (Wildman–Crippen LogP) is 5.59. The molecule has 2 fully saturated rings. The third-order valence-corrected chi connectivity index (χ3v) is 7.91. The number of hydrogen-bond acceptors (Lipinski definition) is 3. The van der Waals surface area contributed by atoms with Crippen LogP contribution >= 0.6 is 0 Å². The maximum atomic E-state index is 10.1. The Hall–Kier alpha value is -1.51. The molecule has 3 aliphatic rings. The minimum Gasteiger partial charge on any atom is -0.508 e. The summed E-state index contributed by atoms with van der Waals surface area (Å²) in [5.41, 5.74) is 5.57. The van der Waals surface area contributed by atoms with E-state index in [9.17, 15) is 5.11 Å². The van der Waals surface area contributed by atoms with Crippen molar-refractivity contribution in [2.45, 2.75) is 71.6 Å². The molecule has 4 rings (SSSR count). The smallest absolute Gasteiger partial charge is 0.118 e. The molecule has 1 N–H and O–H groups in total. The number of fused-ring (bicyclic) bond motifs is 5. The fourth-order valence-electron chi connectivity index (χ4n) is 6.80. The Balaban J connectivity index is 1.74. The fourth-order valence-corrected chi connectivity index (χ4v) is 6.80. The predicted molar refractivity (Wildman–Crippen MR) is 106 cm³/mol. The first-order valence-electron chi connectivity index (χ1n) is 10.4. The lowest BCUT2D eigenvalue weighted by Gasteiger charge is -2.50. The van der Waals surface area contributed by atoms with E-state index in [-0.39, 0.29) is 5.41 Å². The summed E-state index contributed by atoms with van der Waals surface area (Å²) in [7, 11) is 1.69. The number of phenols is 1. The first-order chi connectivity index (χ1) is 12.5. The third-order valence-electron chi connectivity index (χ3n) is 7.91. The van der Waals surface area contributed by atoms with E-state index in [0.29, 0.717) is 11.7 Å². The lowest BCUT2D eigenvalue weighted by Crippen LogP contribution is -2.44. The van der Waals surface area contributed by atoms with Crippen molar-refractivity contribution in [2.75, 3.05) is 7.11 Å². The molecular weight excluding hydrogens is 322 g/mol. The maximum absolute atomic E-state index is 10.1. The van der Waals surface area contributed by atoms with Crippen molar-refractivity contribution in [3.8, 4) is 5.75 Å². The summed E-state index contributed by atoms with van der Waals surface area (Å²) < 4.78 is 0. The number of aromatic hydroxyl groups is 1. The number of hydrogen-bond donors (Lipinski definition) is 1. The van der Waals surface area contributed by atoms with Gasteiger partial charge in [-0.1, -0.05) is 37.9 Å². The van der Waals surface area contributed by atoms with Crippen LogP contribution in [0.25, 0.3) is 0 Å². The highest BCUT2D eigenvalue weighted by molar-refractivity contribution is 5.92. The number of phenolic OH excluding ortho intramolecular Hbond substituents is 1. The van der Waals surface area contributed by atoms with E-state index in [2.05, 4.69) is 32.0 Å². The molecule has 0 aromatic heterocycles. The molecule has 1 aromatic rings. The Kier molecular flexibility index (Phi) is 4.53. The first kappa shape index (κ1) is 17.9. The summed E-state index contributed by atoms with van der Waals surface area (Å²) in [6.45, 7) is 6.85. The van der Waals surface area contributed by atoms with Gasteiger partial charge in [0.2, 0.25) is 0 Å². The summed E-state index contributed by atoms with van der Waals surface area (Å²) in [6.07, 6.45) is 8.47. The van der Waals surface area contributed by atoms with Gasteiger partial charge in [0.05, 0.1) is 5.71 Å². The highest BCUT2D eigenvalue weighted by Crippen LogP contribution is 2.62. The third kappa shape index (κ3) is 2.50. The van der Waals surface area contributed by atoms with E-state index in [4.69, 9.17) is 4.84 Å². The monoisotopic (exact) mass is 355 g/mol. The van der Waals surface area contributed by atoms with Gasteiger partial charge in [-0.2, -0.15) is 0 Å². The van der Waals surface area contributed by atoms with Gasteiger partial charge in [-0.15, -0.1) is 0 Å². The Morgan fingerprint density at radius 1 is 1.31 bits per heavy atom. The molecule has 3 aliphatic carbocycles. The SMILES string of the molecule is CCCC1C/C(=N\OC)C2(C)CCC3c4ccc(O)c(C)c4CCC3C12. The molecule has 5 unspecified atom stereocenters. The number of rotatable bonds is 3. The van der Waals surface area contributed by atoms with Crippen molar-refractivity contribution in [3.05, 3.63) is 28.8 Å². The molecule has 2 saturated carbocycles. The number of benzene rings is 1. The normalized spacial score (nSPS) is 37.2. The Morgan fingerprint density at radius 3 is 2.85 bits per heavy atom. The fraction of sp³-hybridized carbons (Fsp3) is 0.696. The summed E-state index contributed by atoms with van der Waals surface area (Å²) >= 11 is 0. The van der Waals surface area contributed by atoms with Crippen LogP contribution in [-0.4, -0.2) is 17.9 Å². The molecule has 142 valence electrons. The largest absolute Gasteiger partial charge is 0.508 e. The lowest BCUT2D eigenvalue weighted by atomic mass is 9.53. The van der Waals surface area contributed by atoms with Crippen molar-refractivity contribution in [1.29, 1.82) is 0 Å². The Bertz CT molecular complexity index is 725. The van der Waals surface area contributed by atoms with Gasteiger partial charge in [0.15, 0.2) is 0 Å². The minimum absolute atomic E-state index is 0.209. The van der Waals surface area contributed by atoms with Gasteiger partial charge in [-0.3, -0.25) is 0 Å². The molecule has 0 saturated heterocycles. The zero-order chi connectivity index (χ0) is 18.5. The van der Waals surface area contributed by atoms with E-state index in [1.165, 1.54) is 48.9 Å². The van der Waals surface area contributed by atoms with Gasteiger partial charge < -0.3 is 9.94 Å². The quantitative estimate of drug-likeness (QED) is 0.719. The van der Waals surface area contributed by atoms with Gasteiger partial charge in [0, 0.05) is 5.41 Å². The molecule has 0 amide bonds. The molecule has 1 aromatic carbocycles. The minimum atomic E-state index is 0.209. The van der Waals surface area contributed by atoms with Crippen LogP contribution in [0.15, 0.2) is 17.3 Å². The first-order valence-corrected chi connectivity index (χ1v) is 10.4. The van der Waals surface area contributed by atoms with Crippen molar-refractivity contribution in [1.82, 2.24) is 0 Å². The number of nitrogens with zero attached hydrogens (tertiary/aromatic N) is 1.